The topological polar surface area (TPSA) is 148 Å². The third-order valence-electron chi connectivity index (χ3n) is 7.92. The highest BCUT2D eigenvalue weighted by atomic mass is 35.5. The molecule has 1 saturated heterocycles. The van der Waals surface area contributed by atoms with Crippen LogP contribution in [0, 0.1) is 16.7 Å². The Bertz CT molecular complexity index is 1350. The van der Waals surface area contributed by atoms with E-state index in [-0.39, 0.29) is 6.04 Å². The van der Waals surface area contributed by atoms with Gasteiger partial charge in [0.1, 0.15) is 18.2 Å². The zero-order valence-electron chi connectivity index (χ0n) is 24.2. The number of nitriles is 1. The Morgan fingerprint density at radius 1 is 1.19 bits per heavy atom. The predicted molar refractivity (Wildman–Crippen MR) is 160 cm³/mol. The van der Waals surface area contributed by atoms with Gasteiger partial charge >= 0.3 is 0 Å². The maximum atomic E-state index is 9.76. The van der Waals surface area contributed by atoms with Crippen LogP contribution in [-0.4, -0.2) is 74.7 Å². The highest BCUT2D eigenvalue weighted by molar-refractivity contribution is 6.33. The van der Waals surface area contributed by atoms with Gasteiger partial charge in [-0.2, -0.15) is 10.1 Å². The van der Waals surface area contributed by atoms with Gasteiger partial charge in [0.05, 0.1) is 35.9 Å². The van der Waals surface area contributed by atoms with Gasteiger partial charge in [0.2, 0.25) is 0 Å². The van der Waals surface area contributed by atoms with Crippen molar-refractivity contribution in [3.05, 3.63) is 41.3 Å². The Labute approximate surface area is 251 Å². The van der Waals surface area contributed by atoms with Crippen LogP contribution in [0.5, 0.6) is 0 Å². The van der Waals surface area contributed by atoms with Gasteiger partial charge in [-0.05, 0) is 68.9 Å². The van der Waals surface area contributed by atoms with Gasteiger partial charge in [0, 0.05) is 49.6 Å². The molecule has 0 spiro atoms. The van der Waals surface area contributed by atoms with E-state index in [1.165, 1.54) is 4.80 Å². The van der Waals surface area contributed by atoms with Gasteiger partial charge in [0.15, 0.2) is 5.82 Å². The molecule has 0 aromatic carbocycles. The summed E-state index contributed by atoms with van der Waals surface area (Å²) < 4.78 is 11.2. The molecular formula is C29H39ClN10O2. The zero-order valence-corrected chi connectivity index (χ0v) is 25.0. The van der Waals surface area contributed by atoms with E-state index in [0.717, 1.165) is 55.6 Å². The third-order valence-corrected chi connectivity index (χ3v) is 8.22. The molecule has 2 fully saturated rings. The Morgan fingerprint density at radius 2 is 1.98 bits per heavy atom. The maximum absolute atomic E-state index is 9.76. The first kappa shape index (κ1) is 30.1. The van der Waals surface area contributed by atoms with Crippen LogP contribution in [0.1, 0.15) is 51.3 Å². The minimum Gasteiger partial charge on any atom is -0.381 e. The van der Waals surface area contributed by atoms with Gasteiger partial charge in [-0.25, -0.2) is 9.97 Å². The molecule has 1 aliphatic heterocycles. The molecule has 224 valence electrons. The van der Waals surface area contributed by atoms with Crippen LogP contribution < -0.4 is 16.0 Å². The molecule has 2 aliphatic rings. The molecule has 1 saturated carbocycles. The number of hydrogen-bond donors (Lipinski definition) is 3. The van der Waals surface area contributed by atoms with Crippen molar-refractivity contribution >= 4 is 23.2 Å². The van der Waals surface area contributed by atoms with E-state index >= 15 is 0 Å². The summed E-state index contributed by atoms with van der Waals surface area (Å²) >= 11 is 6.57. The molecule has 3 aromatic rings. The Balaban J connectivity index is 1.10. The van der Waals surface area contributed by atoms with Crippen LogP contribution >= 0.6 is 11.6 Å². The van der Waals surface area contributed by atoms with Crippen LogP contribution in [0.15, 0.2) is 30.5 Å². The van der Waals surface area contributed by atoms with Gasteiger partial charge in [-0.15, -0.1) is 10.2 Å². The molecule has 0 amide bonds. The Hall–Kier alpha value is -3.37. The minimum atomic E-state index is -0.433. The fourth-order valence-electron chi connectivity index (χ4n) is 5.52. The fraction of sp³-hybridized carbons (Fsp3) is 0.586. The summed E-state index contributed by atoms with van der Waals surface area (Å²) in [6.07, 6.45) is 7.33. The van der Waals surface area contributed by atoms with Crippen molar-refractivity contribution in [3.63, 3.8) is 0 Å². The second-order valence-electron chi connectivity index (χ2n) is 11.3. The molecule has 4 heterocycles. The Kier molecular flexibility index (Phi) is 10.2. The molecule has 0 bridgehead atoms. The molecule has 0 radical (unpaired) electrons. The first-order valence-corrected chi connectivity index (χ1v) is 15.0. The number of anilines is 2. The Morgan fingerprint density at radius 3 is 2.71 bits per heavy atom. The quantitative estimate of drug-likeness (QED) is 0.280. The van der Waals surface area contributed by atoms with E-state index in [9.17, 15) is 5.26 Å². The molecule has 3 N–H and O–H groups in total. The summed E-state index contributed by atoms with van der Waals surface area (Å²) in [5, 5.41) is 32.9. The van der Waals surface area contributed by atoms with E-state index in [1.807, 2.05) is 24.3 Å². The number of tetrazole rings is 1. The lowest BCUT2D eigenvalue weighted by Crippen LogP contribution is -2.43. The van der Waals surface area contributed by atoms with Crippen LogP contribution in [0.4, 0.5) is 11.6 Å². The largest absolute Gasteiger partial charge is 0.381 e. The normalized spacial score (nSPS) is 20.9. The van der Waals surface area contributed by atoms with E-state index < -0.39 is 5.41 Å². The summed E-state index contributed by atoms with van der Waals surface area (Å²) in [6.45, 7) is 4.85. The number of aryl methyl sites for hydroxylation is 1. The number of aromatic nitrogens is 6. The highest BCUT2D eigenvalue weighted by Crippen LogP contribution is 2.32. The van der Waals surface area contributed by atoms with Crippen LogP contribution in [-0.2, 0) is 23.1 Å². The van der Waals surface area contributed by atoms with Crippen molar-refractivity contribution in [1.29, 1.82) is 5.26 Å². The first-order valence-electron chi connectivity index (χ1n) is 14.6. The number of ether oxygens (including phenoxy) is 2. The van der Waals surface area contributed by atoms with Gasteiger partial charge < -0.3 is 25.4 Å². The van der Waals surface area contributed by atoms with Crippen molar-refractivity contribution < 1.29 is 9.47 Å². The summed E-state index contributed by atoms with van der Waals surface area (Å²) in [6, 6.07) is 11.3. The number of rotatable bonds is 12. The van der Waals surface area contributed by atoms with E-state index in [1.54, 1.807) is 13.2 Å². The lowest BCUT2D eigenvalue weighted by Gasteiger charge is -2.32. The summed E-state index contributed by atoms with van der Waals surface area (Å²) in [7, 11) is 1.74. The second kappa shape index (κ2) is 14.2. The van der Waals surface area contributed by atoms with Crippen molar-refractivity contribution in [2.24, 2.45) is 12.5 Å². The average molecular weight is 595 g/mol. The molecular weight excluding hydrogens is 556 g/mol. The van der Waals surface area contributed by atoms with Crippen LogP contribution in [0.25, 0.3) is 11.3 Å². The SMILES string of the molecule is CC(COCc1nnn(C)n1)NC1CCC(Nc2cc(-c3cccc(NCC4(C#N)CCOCC4)n3)c(Cl)cn2)CC1. The smallest absolute Gasteiger partial charge is 0.200 e. The molecule has 3 aromatic heterocycles. The van der Waals surface area contributed by atoms with Gasteiger partial charge in [0.25, 0.3) is 0 Å². The first-order chi connectivity index (χ1) is 20.4. The number of nitrogens with zero attached hydrogens (tertiary/aromatic N) is 7. The van der Waals surface area contributed by atoms with Gasteiger partial charge in [-0.3, -0.25) is 0 Å². The summed E-state index contributed by atoms with van der Waals surface area (Å²) in [5.74, 6) is 2.09. The molecule has 1 atom stereocenters. The number of hydrogen-bond acceptors (Lipinski definition) is 11. The van der Waals surface area contributed by atoms with Crippen LogP contribution in [0.3, 0.4) is 0 Å². The number of halogens is 1. The zero-order chi connectivity index (χ0) is 29.4. The summed E-state index contributed by atoms with van der Waals surface area (Å²) in [4.78, 5) is 10.8. The fourth-order valence-corrected chi connectivity index (χ4v) is 5.72. The molecule has 1 aliphatic carbocycles. The molecule has 42 heavy (non-hydrogen) atoms. The number of nitrogens with one attached hydrogen (secondary N) is 3. The lowest BCUT2D eigenvalue weighted by molar-refractivity contribution is 0.0455. The molecule has 1 unspecified atom stereocenters. The average Bonchev–Trinajstić information content (AvgIpc) is 3.43. The number of pyridine rings is 2. The van der Waals surface area contributed by atoms with Crippen molar-refractivity contribution in [2.75, 3.05) is 37.0 Å². The summed E-state index contributed by atoms with van der Waals surface area (Å²) in [5.41, 5.74) is 1.14. The second-order valence-corrected chi connectivity index (χ2v) is 11.7. The maximum Gasteiger partial charge on any atom is 0.200 e. The highest BCUT2D eigenvalue weighted by Gasteiger charge is 2.32. The molecule has 5 rings (SSSR count). The van der Waals surface area contributed by atoms with Crippen LogP contribution in [0.2, 0.25) is 5.02 Å². The van der Waals surface area contributed by atoms with Crippen molar-refractivity contribution in [2.45, 2.75) is 70.2 Å². The van der Waals surface area contributed by atoms with E-state index in [0.29, 0.717) is 61.7 Å². The molecule has 12 nitrogen and oxygen atoms in total. The van der Waals surface area contributed by atoms with Crippen molar-refractivity contribution in [1.82, 2.24) is 35.5 Å². The predicted octanol–water partition coefficient (Wildman–Crippen LogP) is 3.97. The monoisotopic (exact) mass is 594 g/mol. The van der Waals surface area contributed by atoms with Gasteiger partial charge in [-0.1, -0.05) is 17.7 Å². The molecule has 13 heteroatoms. The van der Waals surface area contributed by atoms with E-state index in [4.69, 9.17) is 26.1 Å². The lowest BCUT2D eigenvalue weighted by atomic mass is 9.82. The van der Waals surface area contributed by atoms with E-state index in [2.05, 4.69) is 49.3 Å². The van der Waals surface area contributed by atoms with Crippen molar-refractivity contribution in [3.8, 4) is 17.3 Å². The minimum absolute atomic E-state index is 0.233. The standard InChI is InChI=1S/C29H39ClN10O2/c1-20(16-42-17-28-37-39-40(2)38-28)34-21-6-8-22(9-7-21)35-27-14-23(24(30)15-32-27)25-4-3-5-26(36-25)33-19-29(18-31)10-12-41-13-11-29/h3-5,14-15,20-22,34H,6-13,16-17,19H2,1-2H3,(H,32,35)(H,33,36). The third kappa shape index (κ3) is 8.13.